The fourth-order valence-corrected chi connectivity index (χ4v) is 4.33. The van der Waals surface area contributed by atoms with E-state index in [2.05, 4.69) is 27.8 Å². The Labute approximate surface area is 173 Å². The molecule has 148 valence electrons. The highest BCUT2D eigenvalue weighted by Gasteiger charge is 2.25. The Balaban J connectivity index is 1.49. The van der Waals surface area contributed by atoms with Crippen LogP contribution in [0.1, 0.15) is 30.0 Å². The molecule has 0 aromatic heterocycles. The van der Waals surface area contributed by atoms with Crippen molar-refractivity contribution < 1.29 is 14.7 Å². The van der Waals surface area contributed by atoms with Crippen molar-refractivity contribution in [2.45, 2.75) is 26.2 Å². The van der Waals surface area contributed by atoms with E-state index in [1.807, 2.05) is 13.0 Å². The Hall–Kier alpha value is -3.06. The number of aliphatic carboxylic acids is 1. The summed E-state index contributed by atoms with van der Waals surface area (Å²) < 4.78 is 0. The maximum Gasteiger partial charge on any atom is 0.307 e. The molecule has 2 aromatic carbocycles. The summed E-state index contributed by atoms with van der Waals surface area (Å²) in [5.41, 5.74) is 5.90. The average Bonchev–Trinajstić information content (AvgIpc) is 3.08. The lowest BCUT2D eigenvalue weighted by molar-refractivity contribution is -0.136. The Kier molecular flexibility index (Phi) is 5.40. The van der Waals surface area contributed by atoms with E-state index in [0.717, 1.165) is 41.8 Å². The van der Waals surface area contributed by atoms with Crippen LogP contribution in [0.2, 0.25) is 0 Å². The molecule has 3 N–H and O–H groups in total. The highest BCUT2D eigenvalue weighted by atomic mass is 32.2. The molecule has 1 amide bonds. The summed E-state index contributed by atoms with van der Waals surface area (Å²) >= 11 is 1.33. The van der Waals surface area contributed by atoms with Crippen LogP contribution in [0.25, 0.3) is 5.57 Å². The molecule has 2 heterocycles. The predicted octanol–water partition coefficient (Wildman–Crippen LogP) is 4.14. The van der Waals surface area contributed by atoms with Gasteiger partial charge in [-0.1, -0.05) is 18.2 Å². The van der Waals surface area contributed by atoms with E-state index in [0.29, 0.717) is 10.1 Å². The number of fused-ring (bicyclic) bond motifs is 1. The molecule has 29 heavy (non-hydrogen) atoms. The number of hydrogen-bond acceptors (Lipinski definition) is 5. The number of aliphatic imine (C=N–C) groups is 1. The van der Waals surface area contributed by atoms with Crippen molar-refractivity contribution in [1.29, 1.82) is 0 Å². The molecule has 0 aliphatic carbocycles. The van der Waals surface area contributed by atoms with Gasteiger partial charge in [0.2, 0.25) is 0 Å². The minimum atomic E-state index is -0.866. The Bertz CT molecular complexity index is 1040. The Morgan fingerprint density at radius 1 is 1.24 bits per heavy atom. The molecule has 6 nitrogen and oxygen atoms in total. The molecule has 0 saturated carbocycles. The normalized spacial score (nSPS) is 17.3. The summed E-state index contributed by atoms with van der Waals surface area (Å²) in [6, 6.07) is 13.4. The Morgan fingerprint density at radius 3 is 2.79 bits per heavy atom. The van der Waals surface area contributed by atoms with Crippen LogP contribution in [0, 0.1) is 0 Å². The number of carboxylic acids is 1. The van der Waals surface area contributed by atoms with Crippen molar-refractivity contribution in [2.24, 2.45) is 4.99 Å². The number of benzene rings is 2. The maximum absolute atomic E-state index is 12.5. The fourth-order valence-electron chi connectivity index (χ4n) is 3.44. The van der Waals surface area contributed by atoms with Crippen LogP contribution in [0.15, 0.2) is 52.4 Å². The van der Waals surface area contributed by atoms with Gasteiger partial charge >= 0.3 is 5.97 Å². The minimum Gasteiger partial charge on any atom is -0.481 e. The number of carbonyl (C=O) groups is 2. The zero-order chi connectivity index (χ0) is 20.4. The van der Waals surface area contributed by atoms with Crippen molar-refractivity contribution in [2.75, 3.05) is 17.2 Å². The molecular weight excluding hydrogens is 386 g/mol. The zero-order valence-electron chi connectivity index (χ0n) is 16.0. The van der Waals surface area contributed by atoms with E-state index >= 15 is 0 Å². The number of nitrogens with one attached hydrogen (secondary N) is 2. The topological polar surface area (TPSA) is 90.8 Å². The van der Waals surface area contributed by atoms with Gasteiger partial charge in [0.05, 0.1) is 11.3 Å². The minimum absolute atomic E-state index is 0.0170. The van der Waals surface area contributed by atoms with Gasteiger partial charge < -0.3 is 15.7 Å². The summed E-state index contributed by atoms with van der Waals surface area (Å²) in [6.45, 7) is 2.96. The number of amidine groups is 1. The van der Waals surface area contributed by atoms with E-state index in [9.17, 15) is 9.59 Å². The molecule has 2 aliphatic rings. The van der Waals surface area contributed by atoms with Crippen LogP contribution >= 0.6 is 11.8 Å². The molecule has 0 unspecified atom stereocenters. The second-order valence-electron chi connectivity index (χ2n) is 7.07. The van der Waals surface area contributed by atoms with Crippen LogP contribution in [0.5, 0.6) is 0 Å². The first kappa shape index (κ1) is 19.3. The lowest BCUT2D eigenvalue weighted by Gasteiger charge is -2.19. The van der Waals surface area contributed by atoms with E-state index in [4.69, 9.17) is 5.11 Å². The number of carboxylic acid groups (broad SMARTS) is 1. The van der Waals surface area contributed by atoms with Crippen molar-refractivity contribution >= 4 is 45.8 Å². The van der Waals surface area contributed by atoms with Crippen LogP contribution in [-0.2, 0) is 22.4 Å². The molecule has 0 radical (unpaired) electrons. The standard InChI is InChI=1S/C22H21N3O3S/c1-13(15-6-9-18-16(12-15)3-2-10-23-18)20-21(28)25-22(29-20)24-17-7-4-14(5-8-17)11-19(26)27/h4-9,12,23H,2-3,10-11H2,1H3,(H,26,27)(H,24,25,28). The third-order valence-corrected chi connectivity index (χ3v) is 6.05. The van der Waals surface area contributed by atoms with Gasteiger partial charge in [0.1, 0.15) is 0 Å². The van der Waals surface area contributed by atoms with Gasteiger partial charge in [0, 0.05) is 17.9 Å². The summed E-state index contributed by atoms with van der Waals surface area (Å²) in [7, 11) is 0. The summed E-state index contributed by atoms with van der Waals surface area (Å²) in [5, 5.41) is 15.9. The number of hydrogen-bond donors (Lipinski definition) is 3. The second-order valence-corrected chi connectivity index (χ2v) is 8.07. The van der Waals surface area contributed by atoms with E-state index < -0.39 is 5.97 Å². The fraction of sp³-hybridized carbons (Fsp3) is 0.227. The first-order valence-corrected chi connectivity index (χ1v) is 10.3. The van der Waals surface area contributed by atoms with E-state index in [-0.39, 0.29) is 12.3 Å². The van der Waals surface area contributed by atoms with Gasteiger partial charge in [-0.15, -0.1) is 0 Å². The number of rotatable bonds is 4. The van der Waals surface area contributed by atoms with Gasteiger partial charge in [0.15, 0.2) is 5.17 Å². The highest BCUT2D eigenvalue weighted by Crippen LogP contribution is 2.35. The van der Waals surface area contributed by atoms with Gasteiger partial charge in [-0.05, 0) is 78.1 Å². The highest BCUT2D eigenvalue weighted by molar-refractivity contribution is 8.18. The molecule has 2 aliphatic heterocycles. The molecule has 4 rings (SSSR count). The largest absolute Gasteiger partial charge is 0.481 e. The van der Waals surface area contributed by atoms with Crippen molar-refractivity contribution in [3.8, 4) is 0 Å². The quantitative estimate of drug-likeness (QED) is 0.660. The monoisotopic (exact) mass is 407 g/mol. The SMILES string of the molecule is CC(=C1SC(Nc2ccc(CC(=O)O)cc2)=NC1=O)c1ccc2c(c1)CCCN2. The maximum atomic E-state index is 12.5. The second kappa shape index (κ2) is 8.13. The number of anilines is 2. The first-order valence-electron chi connectivity index (χ1n) is 9.46. The van der Waals surface area contributed by atoms with Crippen LogP contribution in [0.4, 0.5) is 11.4 Å². The lowest BCUT2D eigenvalue weighted by Crippen LogP contribution is -2.11. The number of carbonyl (C=O) groups excluding carboxylic acids is 1. The molecule has 0 bridgehead atoms. The third-order valence-electron chi connectivity index (χ3n) is 4.97. The molecule has 0 atom stereocenters. The van der Waals surface area contributed by atoms with Crippen molar-refractivity contribution in [3.63, 3.8) is 0 Å². The number of allylic oxidation sites excluding steroid dienone is 1. The molecular formula is C22H21N3O3S. The first-order chi connectivity index (χ1) is 14.0. The Morgan fingerprint density at radius 2 is 2.03 bits per heavy atom. The predicted molar refractivity (Wildman–Crippen MR) is 117 cm³/mol. The molecule has 0 saturated heterocycles. The average molecular weight is 407 g/mol. The van der Waals surface area contributed by atoms with Crippen LogP contribution < -0.4 is 10.6 Å². The van der Waals surface area contributed by atoms with Gasteiger partial charge in [-0.3, -0.25) is 9.59 Å². The third kappa shape index (κ3) is 4.35. The van der Waals surface area contributed by atoms with Crippen LogP contribution in [-0.4, -0.2) is 28.7 Å². The van der Waals surface area contributed by atoms with E-state index in [1.54, 1.807) is 24.3 Å². The van der Waals surface area contributed by atoms with Crippen molar-refractivity contribution in [1.82, 2.24) is 0 Å². The molecule has 0 spiro atoms. The van der Waals surface area contributed by atoms with Gasteiger partial charge in [0.25, 0.3) is 5.91 Å². The number of nitrogens with zero attached hydrogens (tertiary/aromatic N) is 1. The van der Waals surface area contributed by atoms with Gasteiger partial charge in [-0.2, -0.15) is 4.99 Å². The van der Waals surface area contributed by atoms with Crippen LogP contribution in [0.3, 0.4) is 0 Å². The lowest BCUT2D eigenvalue weighted by atomic mass is 9.97. The summed E-state index contributed by atoms with van der Waals surface area (Å²) in [5.74, 6) is -1.11. The summed E-state index contributed by atoms with van der Waals surface area (Å²) in [6.07, 6.45) is 2.14. The van der Waals surface area contributed by atoms with Crippen molar-refractivity contribution in [3.05, 3.63) is 64.1 Å². The number of thioether (sulfide) groups is 1. The molecule has 7 heteroatoms. The number of amides is 1. The zero-order valence-corrected chi connectivity index (χ0v) is 16.8. The molecule has 2 aromatic rings. The van der Waals surface area contributed by atoms with Gasteiger partial charge in [-0.25, -0.2) is 0 Å². The molecule has 0 fully saturated rings. The van der Waals surface area contributed by atoms with E-state index in [1.165, 1.54) is 23.0 Å². The smallest absolute Gasteiger partial charge is 0.307 e. The number of aryl methyl sites for hydroxylation is 1. The summed E-state index contributed by atoms with van der Waals surface area (Å²) in [4.78, 5) is 28.0.